The summed E-state index contributed by atoms with van der Waals surface area (Å²) < 4.78 is 0. The van der Waals surface area contributed by atoms with Crippen molar-refractivity contribution in [2.75, 3.05) is 12.1 Å². The Hall–Kier alpha value is -2.15. The normalized spacial score (nSPS) is 9.81. The van der Waals surface area contributed by atoms with Crippen molar-refractivity contribution in [2.24, 2.45) is 0 Å². The van der Waals surface area contributed by atoms with E-state index in [0.717, 1.165) is 0 Å². The van der Waals surface area contributed by atoms with Crippen LogP contribution in [0.5, 0.6) is 0 Å². The predicted molar refractivity (Wildman–Crippen MR) is 55.0 cm³/mol. The van der Waals surface area contributed by atoms with Crippen LogP contribution in [0.2, 0.25) is 0 Å². The summed E-state index contributed by atoms with van der Waals surface area (Å²) in [7, 11) is 0. The molecule has 0 bridgehead atoms. The number of carboxylic acids is 1. The van der Waals surface area contributed by atoms with E-state index in [4.69, 9.17) is 5.11 Å². The van der Waals surface area contributed by atoms with Gasteiger partial charge >= 0.3 is 5.97 Å². The Morgan fingerprint density at radius 1 is 1.62 bits per heavy atom. The molecule has 2 N–H and O–H groups in total. The number of aliphatic carboxylic acids is 1. The van der Waals surface area contributed by atoms with E-state index in [2.05, 4.69) is 10.3 Å². The van der Waals surface area contributed by atoms with Crippen LogP contribution in [0, 0.1) is 17.0 Å². The van der Waals surface area contributed by atoms with Gasteiger partial charge in [-0.15, -0.1) is 0 Å². The molecular weight excluding hydrogens is 216 g/mol. The van der Waals surface area contributed by atoms with E-state index < -0.39 is 17.5 Å². The van der Waals surface area contributed by atoms with Gasteiger partial charge in [0.1, 0.15) is 5.69 Å². The Labute approximate surface area is 90.8 Å². The van der Waals surface area contributed by atoms with Crippen molar-refractivity contribution in [3.8, 4) is 0 Å². The minimum Gasteiger partial charge on any atom is -0.479 e. The summed E-state index contributed by atoms with van der Waals surface area (Å²) in [5.41, 5.74) is 2.71. The van der Waals surface area contributed by atoms with E-state index in [0.29, 0.717) is 5.56 Å². The number of carboxylic acid groups (broad SMARTS) is 1. The van der Waals surface area contributed by atoms with Crippen molar-refractivity contribution in [2.45, 2.75) is 6.92 Å². The molecular formula is C9H10N2O5. The van der Waals surface area contributed by atoms with Gasteiger partial charge in [-0.25, -0.2) is 4.79 Å². The highest BCUT2D eigenvalue weighted by molar-refractivity contribution is 5.68. The monoisotopic (exact) mass is 226 g/mol. The maximum atomic E-state index is 10.7. The molecule has 0 spiro atoms. The van der Waals surface area contributed by atoms with Crippen LogP contribution in [0.4, 0.5) is 11.4 Å². The number of nitrogens with one attached hydrogen (secondary N) is 1. The first kappa shape index (κ1) is 11.9. The molecule has 1 rings (SSSR count). The fourth-order valence-corrected chi connectivity index (χ4v) is 1.16. The topological polar surface area (TPSA) is 102 Å². The van der Waals surface area contributed by atoms with Gasteiger partial charge in [0.25, 0.3) is 5.69 Å². The highest BCUT2D eigenvalue weighted by atomic mass is 16.7. The van der Waals surface area contributed by atoms with Crippen molar-refractivity contribution in [3.05, 3.63) is 33.9 Å². The van der Waals surface area contributed by atoms with Gasteiger partial charge in [0.05, 0.1) is 4.92 Å². The minimum atomic E-state index is -1.16. The Morgan fingerprint density at radius 3 is 2.88 bits per heavy atom. The number of para-hydroxylation sites is 1. The van der Waals surface area contributed by atoms with Crippen LogP contribution >= 0.6 is 0 Å². The van der Waals surface area contributed by atoms with E-state index in [1.165, 1.54) is 6.07 Å². The van der Waals surface area contributed by atoms with Gasteiger partial charge in [0.15, 0.2) is 6.61 Å². The minimum absolute atomic E-state index is 0.131. The van der Waals surface area contributed by atoms with E-state index in [1.807, 2.05) is 0 Å². The number of aryl methyl sites for hydroxylation is 1. The van der Waals surface area contributed by atoms with Crippen LogP contribution in [0.3, 0.4) is 0 Å². The van der Waals surface area contributed by atoms with Crippen LogP contribution in [0.1, 0.15) is 5.56 Å². The predicted octanol–water partition coefficient (Wildman–Crippen LogP) is 1.33. The van der Waals surface area contributed by atoms with Gasteiger partial charge in [0, 0.05) is 5.56 Å². The standard InChI is InChI=1S/C9H10N2O5/c1-6-3-2-4-7(9(6)11(14)15)10-16-5-8(12)13/h2-4,10H,5H2,1H3,(H,12,13). The molecule has 16 heavy (non-hydrogen) atoms. The van der Waals surface area contributed by atoms with Crippen molar-refractivity contribution in [1.29, 1.82) is 0 Å². The molecule has 0 aliphatic heterocycles. The first-order chi connectivity index (χ1) is 7.52. The number of hydrogen-bond acceptors (Lipinski definition) is 5. The molecule has 86 valence electrons. The SMILES string of the molecule is Cc1cccc(NOCC(=O)O)c1[N+](=O)[O-]. The molecule has 0 heterocycles. The van der Waals surface area contributed by atoms with Crippen LogP contribution in [-0.2, 0) is 9.63 Å². The fraction of sp³-hybridized carbons (Fsp3) is 0.222. The lowest BCUT2D eigenvalue weighted by Gasteiger charge is -2.06. The number of rotatable bonds is 5. The van der Waals surface area contributed by atoms with Gasteiger partial charge in [0.2, 0.25) is 0 Å². The molecule has 0 amide bonds. The van der Waals surface area contributed by atoms with Crippen molar-refractivity contribution >= 4 is 17.3 Å². The quantitative estimate of drug-likeness (QED) is 0.580. The number of nitrogens with zero attached hydrogens (tertiary/aromatic N) is 1. The summed E-state index contributed by atoms with van der Waals surface area (Å²) in [6, 6.07) is 4.63. The summed E-state index contributed by atoms with van der Waals surface area (Å²) >= 11 is 0. The van der Waals surface area contributed by atoms with Crippen LogP contribution in [0.15, 0.2) is 18.2 Å². The summed E-state index contributed by atoms with van der Waals surface area (Å²) in [5.74, 6) is -1.16. The van der Waals surface area contributed by atoms with Crippen molar-refractivity contribution in [3.63, 3.8) is 0 Å². The van der Waals surface area contributed by atoms with Gasteiger partial charge in [-0.1, -0.05) is 12.1 Å². The molecule has 7 nitrogen and oxygen atoms in total. The summed E-state index contributed by atoms with van der Waals surface area (Å²) in [6.45, 7) is 1.01. The number of carbonyl (C=O) groups is 1. The lowest BCUT2D eigenvalue weighted by Crippen LogP contribution is -2.12. The number of nitro groups is 1. The molecule has 0 unspecified atom stereocenters. The lowest BCUT2D eigenvalue weighted by molar-refractivity contribution is -0.384. The number of anilines is 1. The van der Waals surface area contributed by atoms with Crippen LogP contribution in [-0.4, -0.2) is 22.6 Å². The lowest BCUT2D eigenvalue weighted by atomic mass is 10.2. The second-order valence-electron chi connectivity index (χ2n) is 3.01. The highest BCUT2D eigenvalue weighted by Gasteiger charge is 2.16. The van der Waals surface area contributed by atoms with E-state index in [9.17, 15) is 14.9 Å². The fourth-order valence-electron chi connectivity index (χ4n) is 1.16. The summed E-state index contributed by atoms with van der Waals surface area (Å²) in [4.78, 5) is 24.9. The third kappa shape index (κ3) is 2.92. The first-order valence-electron chi connectivity index (χ1n) is 4.36. The largest absolute Gasteiger partial charge is 0.479 e. The van der Waals surface area contributed by atoms with Gasteiger partial charge in [-0.2, -0.15) is 0 Å². The van der Waals surface area contributed by atoms with Gasteiger partial charge in [-0.05, 0) is 13.0 Å². The second kappa shape index (κ2) is 5.08. The highest BCUT2D eigenvalue weighted by Crippen LogP contribution is 2.27. The Kier molecular flexibility index (Phi) is 3.78. The van der Waals surface area contributed by atoms with E-state index >= 15 is 0 Å². The molecule has 0 aromatic heterocycles. The third-order valence-corrected chi connectivity index (χ3v) is 1.80. The Morgan fingerprint density at radius 2 is 2.31 bits per heavy atom. The maximum absolute atomic E-state index is 10.7. The van der Waals surface area contributed by atoms with E-state index in [1.54, 1.807) is 19.1 Å². The third-order valence-electron chi connectivity index (χ3n) is 1.80. The molecule has 0 aliphatic rings. The number of benzene rings is 1. The van der Waals surface area contributed by atoms with Crippen molar-refractivity contribution < 1.29 is 19.7 Å². The molecule has 0 aliphatic carbocycles. The van der Waals surface area contributed by atoms with Crippen molar-refractivity contribution in [1.82, 2.24) is 0 Å². The van der Waals surface area contributed by atoms with Crippen LogP contribution in [0.25, 0.3) is 0 Å². The zero-order valence-electron chi connectivity index (χ0n) is 8.47. The van der Waals surface area contributed by atoms with Gasteiger partial charge in [-0.3, -0.25) is 20.4 Å². The molecule has 7 heteroatoms. The second-order valence-corrected chi connectivity index (χ2v) is 3.01. The first-order valence-corrected chi connectivity index (χ1v) is 4.36. The number of hydrogen-bond donors (Lipinski definition) is 2. The Balaban J connectivity index is 2.83. The molecule has 0 atom stereocenters. The van der Waals surface area contributed by atoms with Gasteiger partial charge < -0.3 is 5.11 Å². The average Bonchev–Trinajstić information content (AvgIpc) is 2.16. The molecule has 0 radical (unpaired) electrons. The summed E-state index contributed by atoms with van der Waals surface area (Å²) in [6.07, 6.45) is 0. The number of nitro benzene ring substituents is 1. The Bertz CT molecular complexity index is 418. The molecule has 0 saturated carbocycles. The molecule has 1 aromatic rings. The van der Waals surface area contributed by atoms with Crippen LogP contribution < -0.4 is 5.48 Å². The smallest absolute Gasteiger partial charge is 0.332 e. The van der Waals surface area contributed by atoms with E-state index in [-0.39, 0.29) is 11.4 Å². The average molecular weight is 226 g/mol. The molecule has 0 fully saturated rings. The molecule has 1 aromatic carbocycles. The maximum Gasteiger partial charge on any atom is 0.332 e. The summed E-state index contributed by atoms with van der Waals surface area (Å²) in [5, 5.41) is 19.1. The zero-order valence-corrected chi connectivity index (χ0v) is 8.47. The molecule has 0 saturated heterocycles. The zero-order chi connectivity index (χ0) is 12.1.